The molecule has 31 heavy (non-hydrogen) atoms. The van der Waals surface area contributed by atoms with Crippen LogP contribution in [0.4, 0.5) is 5.69 Å². The molecule has 0 aliphatic heterocycles. The zero-order chi connectivity index (χ0) is 22.4. The van der Waals surface area contributed by atoms with Gasteiger partial charge in [0.2, 0.25) is 5.91 Å². The van der Waals surface area contributed by atoms with Gasteiger partial charge in [-0.25, -0.2) is 8.42 Å². The van der Waals surface area contributed by atoms with Crippen molar-refractivity contribution in [2.75, 3.05) is 10.8 Å². The monoisotopic (exact) mass is 437 g/mol. The van der Waals surface area contributed by atoms with Crippen LogP contribution in [0.2, 0.25) is 0 Å². The first-order valence-corrected chi connectivity index (χ1v) is 11.6. The lowest BCUT2D eigenvalue weighted by Crippen LogP contribution is -2.40. The molecule has 0 fully saturated rings. The molecule has 0 saturated heterocycles. The van der Waals surface area contributed by atoms with Crippen molar-refractivity contribution in [2.45, 2.75) is 38.1 Å². The van der Waals surface area contributed by atoms with Gasteiger partial charge in [0.15, 0.2) is 0 Å². The number of aromatic nitrogens is 1. The highest BCUT2D eigenvalue weighted by molar-refractivity contribution is 7.92. The minimum absolute atomic E-state index is 0.146. The molecule has 0 atom stereocenters. The summed E-state index contributed by atoms with van der Waals surface area (Å²) >= 11 is 0. The van der Waals surface area contributed by atoms with Crippen LogP contribution < -0.4 is 9.62 Å². The number of hydrogen-bond donors (Lipinski definition) is 1. The molecule has 1 amide bonds. The molecule has 6 nitrogen and oxygen atoms in total. The molecule has 7 heteroatoms. The molecule has 3 aromatic rings. The van der Waals surface area contributed by atoms with Crippen LogP contribution in [-0.4, -0.2) is 25.9 Å². The number of amides is 1. The number of aryl methyl sites for hydroxylation is 1. The minimum Gasteiger partial charge on any atom is -0.350 e. The Morgan fingerprint density at radius 1 is 0.968 bits per heavy atom. The van der Waals surface area contributed by atoms with Crippen LogP contribution >= 0.6 is 0 Å². The molecule has 162 valence electrons. The number of sulfonamides is 1. The Morgan fingerprint density at radius 2 is 1.58 bits per heavy atom. The lowest BCUT2D eigenvalue weighted by Gasteiger charge is -2.24. The predicted molar refractivity (Wildman–Crippen MR) is 122 cm³/mol. The number of benzene rings is 2. The number of pyridine rings is 1. The Morgan fingerprint density at radius 3 is 2.16 bits per heavy atom. The summed E-state index contributed by atoms with van der Waals surface area (Å²) in [5.41, 5.74) is 3.39. The standard InChI is InChI=1S/C24H27N3O3S/c1-18(2)21-6-8-22(9-7-21)27(31(29,30)23-10-4-19(3)5-11-23)17-24(28)26-16-20-12-14-25-15-13-20/h4-15,18H,16-17H2,1-3H3,(H,26,28). The number of nitrogens with one attached hydrogen (secondary N) is 1. The number of carbonyl (C=O) groups excluding carboxylic acids is 1. The fourth-order valence-corrected chi connectivity index (χ4v) is 4.49. The van der Waals surface area contributed by atoms with Crippen molar-refractivity contribution in [3.05, 3.63) is 89.7 Å². The molecule has 0 spiro atoms. The van der Waals surface area contributed by atoms with E-state index in [0.717, 1.165) is 21.0 Å². The first-order valence-electron chi connectivity index (χ1n) is 10.1. The average molecular weight is 438 g/mol. The average Bonchev–Trinajstić information content (AvgIpc) is 2.77. The molecular weight excluding hydrogens is 410 g/mol. The maximum atomic E-state index is 13.4. The summed E-state index contributed by atoms with van der Waals surface area (Å²) < 4.78 is 28.0. The van der Waals surface area contributed by atoms with Gasteiger partial charge in [-0.3, -0.25) is 14.1 Å². The number of carbonyl (C=O) groups is 1. The molecule has 0 bridgehead atoms. The summed E-state index contributed by atoms with van der Waals surface area (Å²) in [5.74, 6) is -0.0692. The van der Waals surface area contributed by atoms with Crippen molar-refractivity contribution >= 4 is 21.6 Å². The molecule has 0 radical (unpaired) electrons. The fourth-order valence-electron chi connectivity index (χ4n) is 3.07. The second-order valence-corrected chi connectivity index (χ2v) is 9.57. The second kappa shape index (κ2) is 9.75. The molecule has 1 aromatic heterocycles. The molecule has 0 unspecified atom stereocenters. The Hall–Kier alpha value is -3.19. The van der Waals surface area contributed by atoms with E-state index in [1.165, 1.54) is 0 Å². The van der Waals surface area contributed by atoms with Crippen LogP contribution in [0.1, 0.15) is 36.5 Å². The number of nitrogens with zero attached hydrogens (tertiary/aromatic N) is 2. The summed E-state index contributed by atoms with van der Waals surface area (Å²) in [5, 5.41) is 2.79. The van der Waals surface area contributed by atoms with Crippen LogP contribution in [0.15, 0.2) is 78.0 Å². The topological polar surface area (TPSA) is 79.4 Å². The van der Waals surface area contributed by atoms with Gasteiger partial charge in [0.05, 0.1) is 10.6 Å². The SMILES string of the molecule is Cc1ccc(S(=O)(=O)N(CC(=O)NCc2ccncc2)c2ccc(C(C)C)cc2)cc1. The van der Waals surface area contributed by atoms with E-state index in [1.54, 1.807) is 60.9 Å². The van der Waals surface area contributed by atoms with E-state index >= 15 is 0 Å². The van der Waals surface area contributed by atoms with Gasteiger partial charge in [0, 0.05) is 18.9 Å². The Balaban J connectivity index is 1.88. The van der Waals surface area contributed by atoms with Gasteiger partial charge in [-0.05, 0) is 60.4 Å². The highest BCUT2D eigenvalue weighted by Crippen LogP contribution is 2.26. The van der Waals surface area contributed by atoms with Gasteiger partial charge < -0.3 is 5.32 Å². The van der Waals surface area contributed by atoms with Crippen LogP contribution in [0.3, 0.4) is 0 Å². The van der Waals surface area contributed by atoms with Crippen LogP contribution in [0.5, 0.6) is 0 Å². The number of anilines is 1. The van der Waals surface area contributed by atoms with Gasteiger partial charge in [-0.2, -0.15) is 0 Å². The lowest BCUT2D eigenvalue weighted by atomic mass is 10.0. The highest BCUT2D eigenvalue weighted by atomic mass is 32.2. The molecule has 1 heterocycles. The number of rotatable bonds is 8. The van der Waals surface area contributed by atoms with E-state index in [-0.39, 0.29) is 17.3 Å². The molecule has 0 saturated carbocycles. The van der Waals surface area contributed by atoms with Crippen LogP contribution in [0.25, 0.3) is 0 Å². The smallest absolute Gasteiger partial charge is 0.264 e. The van der Waals surface area contributed by atoms with Crippen molar-refractivity contribution in [1.82, 2.24) is 10.3 Å². The molecule has 3 rings (SSSR count). The summed E-state index contributed by atoms with van der Waals surface area (Å²) in [6, 6.07) is 17.5. The van der Waals surface area contributed by atoms with Gasteiger partial charge in [0.1, 0.15) is 6.54 Å². The Kier molecular flexibility index (Phi) is 7.07. The fraction of sp³-hybridized carbons (Fsp3) is 0.250. The van der Waals surface area contributed by atoms with E-state index in [4.69, 9.17) is 0 Å². The Labute approximate surface area is 184 Å². The second-order valence-electron chi connectivity index (χ2n) is 7.70. The normalized spacial score (nSPS) is 11.4. The van der Waals surface area contributed by atoms with Crippen molar-refractivity contribution in [3.8, 4) is 0 Å². The summed E-state index contributed by atoms with van der Waals surface area (Å²) in [6.45, 7) is 6.02. The van der Waals surface area contributed by atoms with Crippen LogP contribution in [-0.2, 0) is 21.4 Å². The molecule has 0 aliphatic carbocycles. The third-order valence-electron chi connectivity index (χ3n) is 4.98. The van der Waals surface area contributed by atoms with Crippen molar-refractivity contribution in [1.29, 1.82) is 0 Å². The zero-order valence-corrected chi connectivity index (χ0v) is 18.8. The van der Waals surface area contributed by atoms with Crippen molar-refractivity contribution in [3.63, 3.8) is 0 Å². The molecule has 0 aliphatic rings. The quantitative estimate of drug-likeness (QED) is 0.577. The maximum absolute atomic E-state index is 13.4. The van der Waals surface area contributed by atoms with E-state index in [1.807, 2.05) is 19.1 Å². The Bertz CT molecular complexity index is 1110. The lowest BCUT2D eigenvalue weighted by molar-refractivity contribution is -0.119. The van der Waals surface area contributed by atoms with E-state index < -0.39 is 10.0 Å². The van der Waals surface area contributed by atoms with Gasteiger partial charge in [-0.15, -0.1) is 0 Å². The van der Waals surface area contributed by atoms with Crippen molar-refractivity contribution < 1.29 is 13.2 Å². The third kappa shape index (κ3) is 5.70. The van der Waals surface area contributed by atoms with Gasteiger partial charge >= 0.3 is 0 Å². The first kappa shape index (κ1) is 22.5. The number of hydrogen-bond acceptors (Lipinski definition) is 4. The van der Waals surface area contributed by atoms with Gasteiger partial charge in [0.25, 0.3) is 10.0 Å². The molecule has 1 N–H and O–H groups in total. The van der Waals surface area contributed by atoms with E-state index in [2.05, 4.69) is 24.1 Å². The van der Waals surface area contributed by atoms with E-state index in [0.29, 0.717) is 18.2 Å². The maximum Gasteiger partial charge on any atom is 0.264 e. The van der Waals surface area contributed by atoms with Gasteiger partial charge in [-0.1, -0.05) is 43.7 Å². The van der Waals surface area contributed by atoms with Crippen LogP contribution in [0, 0.1) is 6.92 Å². The molecular formula is C24H27N3O3S. The van der Waals surface area contributed by atoms with E-state index in [9.17, 15) is 13.2 Å². The first-order chi connectivity index (χ1) is 14.8. The summed E-state index contributed by atoms with van der Waals surface area (Å²) in [6.07, 6.45) is 3.29. The zero-order valence-electron chi connectivity index (χ0n) is 17.9. The summed E-state index contributed by atoms with van der Waals surface area (Å²) in [7, 11) is -3.92. The summed E-state index contributed by atoms with van der Waals surface area (Å²) in [4.78, 5) is 16.8. The third-order valence-corrected chi connectivity index (χ3v) is 6.77. The highest BCUT2D eigenvalue weighted by Gasteiger charge is 2.27. The largest absolute Gasteiger partial charge is 0.350 e. The molecule has 2 aromatic carbocycles. The minimum atomic E-state index is -3.92. The van der Waals surface area contributed by atoms with Crippen molar-refractivity contribution in [2.24, 2.45) is 0 Å². The predicted octanol–water partition coefficient (Wildman–Crippen LogP) is 4.03.